The molecule has 7 unspecified atom stereocenters. The molecule has 0 radical (unpaired) electrons. The minimum atomic E-state index is -2.06. The lowest BCUT2D eigenvalue weighted by Gasteiger charge is -2.65. The Morgan fingerprint density at radius 3 is 2.04 bits per heavy atom. The number of carbonyl (C=O) groups excluding carboxylic acids is 5. The highest BCUT2D eigenvalue weighted by Gasteiger charge is 2.83. The zero-order chi connectivity index (χ0) is 34.5. The van der Waals surface area contributed by atoms with E-state index in [0.717, 1.165) is 0 Å². The fraction of sp³-hybridized carbons (Fsp3) is 0.794. The summed E-state index contributed by atoms with van der Waals surface area (Å²) in [6.45, 7) is 12.1. The Bertz CT molecular complexity index is 1500. The molecule has 13 heteroatoms. The molecule has 2 heterocycles. The Labute approximate surface area is 272 Å². The number of fused-ring (bicyclic) bond motifs is 10. The Morgan fingerprint density at radius 2 is 1.45 bits per heavy atom. The molecule has 0 spiro atoms. The van der Waals surface area contributed by atoms with Crippen LogP contribution in [0, 0.1) is 57.7 Å². The first-order valence-electron chi connectivity index (χ1n) is 16.5. The van der Waals surface area contributed by atoms with E-state index in [1.165, 1.54) is 27.7 Å². The van der Waals surface area contributed by atoms with Crippen LogP contribution in [0.25, 0.3) is 0 Å². The van der Waals surface area contributed by atoms with Gasteiger partial charge in [0.25, 0.3) is 0 Å². The first kappa shape index (κ1) is 32.7. The second-order valence-electron chi connectivity index (χ2n) is 15.9. The van der Waals surface area contributed by atoms with Gasteiger partial charge in [0.1, 0.15) is 36.3 Å². The molecular weight excluding hydrogens is 616 g/mol. The summed E-state index contributed by atoms with van der Waals surface area (Å²) < 4.78 is 29.7. The van der Waals surface area contributed by atoms with Crippen LogP contribution in [0.5, 0.6) is 0 Å². The van der Waals surface area contributed by atoms with Gasteiger partial charge < -0.3 is 39.0 Å². The number of epoxide rings is 1. The average molecular weight is 661 g/mol. The van der Waals surface area contributed by atoms with Crippen LogP contribution in [0.2, 0.25) is 0 Å². The van der Waals surface area contributed by atoms with E-state index in [9.17, 15) is 39.3 Å². The second kappa shape index (κ2) is 9.86. The standard InChI is InChI=1S/C34H44O13/c1-11-9-17-33(7,34(8,42)30(41)47-17)22-19(11)32(6)20(25(22)40)18-21(27(43-12(2)35)29(32)45-14(4)37)31(5)15(23(38)24(18)39)10-16-26(46-16)28(31)44-13(3)36/h9,11,15-16,18-22,24-29,39-40,42H,10H2,1-8H3/t11-,15?,16+,18?,19?,20?,21?,22?,24-,25-,26+,27+,28+,29+,31+,32?,33+,34-/m1/s1. The van der Waals surface area contributed by atoms with E-state index in [1.54, 1.807) is 26.8 Å². The van der Waals surface area contributed by atoms with E-state index < -0.39 is 130 Å². The van der Waals surface area contributed by atoms with Gasteiger partial charge in [-0.2, -0.15) is 0 Å². The van der Waals surface area contributed by atoms with E-state index in [2.05, 4.69) is 0 Å². The SMILES string of the molecule is CC(=O)O[C@H]1C2C(C3[C@@H](O)C4C([C@H](C)C=C5OC(=O)[C@@](C)(O)[C@@]54C)C3(C)[C@H]1OC(C)=O)[C@@H](O)C(=O)C1C[C@@H]3O[C@@H]3[C@H](OC(C)=O)[C@@]12C. The van der Waals surface area contributed by atoms with Crippen LogP contribution in [-0.2, 0) is 47.7 Å². The number of esters is 4. The van der Waals surface area contributed by atoms with Crippen LogP contribution >= 0.6 is 0 Å². The summed E-state index contributed by atoms with van der Waals surface area (Å²) in [6.07, 6.45) is -5.37. The van der Waals surface area contributed by atoms with Crippen molar-refractivity contribution in [3.8, 4) is 0 Å². The summed E-state index contributed by atoms with van der Waals surface area (Å²) in [5.41, 5.74) is -6.06. The van der Waals surface area contributed by atoms with Gasteiger partial charge in [-0.15, -0.1) is 0 Å². The normalized spacial score (nSPS) is 55.1. The molecule has 0 aromatic rings. The van der Waals surface area contributed by atoms with Gasteiger partial charge in [-0.1, -0.05) is 20.8 Å². The summed E-state index contributed by atoms with van der Waals surface area (Å²) in [4.78, 5) is 65.8. The van der Waals surface area contributed by atoms with Crippen molar-refractivity contribution >= 4 is 29.7 Å². The van der Waals surface area contributed by atoms with E-state index in [1.807, 2.05) is 6.92 Å². The fourth-order valence-corrected chi connectivity index (χ4v) is 11.9. The van der Waals surface area contributed by atoms with E-state index in [0.29, 0.717) is 0 Å². The van der Waals surface area contributed by atoms with Crippen LogP contribution in [0.3, 0.4) is 0 Å². The van der Waals surface area contributed by atoms with Crippen LogP contribution in [0.15, 0.2) is 11.8 Å². The molecule has 0 aromatic carbocycles. The van der Waals surface area contributed by atoms with Gasteiger partial charge in [0.2, 0.25) is 0 Å². The summed E-state index contributed by atoms with van der Waals surface area (Å²) in [5, 5.41) is 36.4. The summed E-state index contributed by atoms with van der Waals surface area (Å²) in [5.74, 6) is -8.98. The molecule has 7 aliphatic rings. The van der Waals surface area contributed by atoms with Crippen molar-refractivity contribution in [2.75, 3.05) is 0 Å². The van der Waals surface area contributed by atoms with Crippen LogP contribution in [0.1, 0.15) is 61.8 Å². The van der Waals surface area contributed by atoms with E-state index in [4.69, 9.17) is 23.7 Å². The Hall–Kier alpha value is -2.87. The molecule has 4 saturated carbocycles. The first-order chi connectivity index (χ1) is 21.7. The van der Waals surface area contributed by atoms with Crippen LogP contribution < -0.4 is 0 Å². The highest BCUT2D eigenvalue weighted by molar-refractivity contribution is 5.88. The third-order valence-corrected chi connectivity index (χ3v) is 13.8. The molecule has 6 fully saturated rings. The van der Waals surface area contributed by atoms with Crippen molar-refractivity contribution in [3.63, 3.8) is 0 Å². The Morgan fingerprint density at radius 1 is 0.851 bits per heavy atom. The summed E-state index contributed by atoms with van der Waals surface area (Å²) in [6, 6.07) is 0. The van der Waals surface area contributed by atoms with Crippen LogP contribution in [0.4, 0.5) is 0 Å². The second-order valence-corrected chi connectivity index (χ2v) is 15.9. The number of Topliss-reactive ketones (excluding diaryl/α,β-unsaturated/α-hetero) is 1. The molecule has 0 amide bonds. The maximum Gasteiger partial charge on any atom is 0.343 e. The lowest BCUT2D eigenvalue weighted by Crippen LogP contribution is -2.74. The largest absolute Gasteiger partial charge is 0.459 e. The summed E-state index contributed by atoms with van der Waals surface area (Å²) in [7, 11) is 0. The van der Waals surface area contributed by atoms with Gasteiger partial charge in [-0.25, -0.2) is 4.79 Å². The number of ketones is 1. The number of carbonyl (C=O) groups is 5. The number of hydrogen-bond donors (Lipinski definition) is 3. The van der Waals surface area contributed by atoms with E-state index >= 15 is 0 Å². The van der Waals surface area contributed by atoms with Gasteiger partial charge in [0.05, 0.1) is 17.6 Å². The fourth-order valence-electron chi connectivity index (χ4n) is 11.9. The monoisotopic (exact) mass is 660 g/mol. The van der Waals surface area contributed by atoms with Crippen molar-refractivity contribution < 1.29 is 63.0 Å². The van der Waals surface area contributed by atoms with Gasteiger partial charge >= 0.3 is 23.9 Å². The van der Waals surface area contributed by atoms with Crippen molar-refractivity contribution in [2.45, 2.75) is 110 Å². The molecule has 258 valence electrons. The molecule has 3 N–H and O–H groups in total. The maximum absolute atomic E-state index is 14.3. The third-order valence-electron chi connectivity index (χ3n) is 13.8. The van der Waals surface area contributed by atoms with Gasteiger partial charge in [-0.3, -0.25) is 19.2 Å². The number of ether oxygens (including phenoxy) is 5. The lowest BCUT2D eigenvalue weighted by molar-refractivity contribution is -0.272. The highest BCUT2D eigenvalue weighted by atomic mass is 16.6. The first-order valence-corrected chi connectivity index (χ1v) is 16.5. The van der Waals surface area contributed by atoms with Gasteiger partial charge in [0.15, 0.2) is 11.4 Å². The third kappa shape index (κ3) is 3.82. The predicted octanol–water partition coefficient (Wildman–Crippen LogP) is 0.842. The molecular formula is C34H44O13. The molecule has 18 atom stereocenters. The molecule has 47 heavy (non-hydrogen) atoms. The zero-order valence-corrected chi connectivity index (χ0v) is 27.8. The number of rotatable bonds is 3. The smallest absolute Gasteiger partial charge is 0.343 e. The molecule has 5 aliphatic carbocycles. The quantitative estimate of drug-likeness (QED) is 0.219. The maximum atomic E-state index is 14.3. The molecule has 0 bridgehead atoms. The number of hydrogen-bond acceptors (Lipinski definition) is 13. The van der Waals surface area contributed by atoms with Gasteiger partial charge in [0, 0.05) is 61.2 Å². The predicted molar refractivity (Wildman–Crippen MR) is 156 cm³/mol. The van der Waals surface area contributed by atoms with Crippen molar-refractivity contribution in [3.05, 3.63) is 11.8 Å². The molecule has 7 rings (SSSR count). The minimum Gasteiger partial charge on any atom is -0.459 e. The van der Waals surface area contributed by atoms with Crippen LogP contribution in [-0.4, -0.2) is 93.3 Å². The minimum absolute atomic E-state index is 0.214. The molecule has 2 aliphatic heterocycles. The molecule has 0 aromatic heterocycles. The highest BCUT2D eigenvalue weighted by Crippen LogP contribution is 2.75. The molecule has 13 nitrogen and oxygen atoms in total. The Kier molecular flexibility index (Phi) is 6.85. The van der Waals surface area contributed by atoms with Crippen molar-refractivity contribution in [1.82, 2.24) is 0 Å². The van der Waals surface area contributed by atoms with E-state index in [-0.39, 0.29) is 18.3 Å². The number of aliphatic hydroxyl groups excluding tert-OH is 2. The van der Waals surface area contributed by atoms with Crippen molar-refractivity contribution in [2.24, 2.45) is 57.7 Å². The zero-order valence-electron chi connectivity index (χ0n) is 27.8. The lowest BCUT2D eigenvalue weighted by atomic mass is 9.41. The summed E-state index contributed by atoms with van der Waals surface area (Å²) >= 11 is 0. The number of allylic oxidation sites excluding steroid dienone is 1. The molecule has 2 saturated heterocycles. The number of aliphatic hydroxyl groups is 3. The average Bonchev–Trinajstić information content (AvgIpc) is 3.65. The topological polar surface area (TPSA) is 195 Å². The van der Waals surface area contributed by atoms with Crippen molar-refractivity contribution in [1.29, 1.82) is 0 Å². The Balaban J connectivity index is 1.49. The van der Waals surface area contributed by atoms with Gasteiger partial charge in [-0.05, 0) is 38.2 Å².